The van der Waals surface area contributed by atoms with Gasteiger partial charge in [0.05, 0.1) is 7.11 Å². The zero-order valence-corrected chi connectivity index (χ0v) is 9.88. The minimum Gasteiger partial charge on any atom is -0.507 e. The van der Waals surface area contributed by atoms with Crippen molar-refractivity contribution in [3.63, 3.8) is 0 Å². The van der Waals surface area contributed by atoms with E-state index in [2.05, 4.69) is 4.74 Å². The Morgan fingerprint density at radius 3 is 2.33 bits per heavy atom. The van der Waals surface area contributed by atoms with Gasteiger partial charge in [-0.25, -0.2) is 4.79 Å². The highest BCUT2D eigenvalue weighted by Gasteiger charge is 2.12. The summed E-state index contributed by atoms with van der Waals surface area (Å²) in [6, 6.07) is 12.0. The van der Waals surface area contributed by atoms with Crippen LogP contribution in [-0.4, -0.2) is 18.2 Å². The topological polar surface area (TPSA) is 72.5 Å². The molecule has 4 heteroatoms. The van der Waals surface area contributed by atoms with Crippen molar-refractivity contribution in [1.29, 1.82) is 0 Å². The second-order valence-corrected chi connectivity index (χ2v) is 3.85. The number of esters is 1. The molecule has 2 rings (SSSR count). The Bertz CT molecular complexity index is 576. The summed E-state index contributed by atoms with van der Waals surface area (Å²) >= 11 is 0. The van der Waals surface area contributed by atoms with Gasteiger partial charge in [-0.3, -0.25) is 0 Å². The van der Waals surface area contributed by atoms with Gasteiger partial charge >= 0.3 is 5.97 Å². The summed E-state index contributed by atoms with van der Waals surface area (Å²) in [5.41, 5.74) is 8.16. The van der Waals surface area contributed by atoms with Gasteiger partial charge in [0.15, 0.2) is 0 Å². The fourth-order valence-corrected chi connectivity index (χ4v) is 1.66. The van der Waals surface area contributed by atoms with Gasteiger partial charge < -0.3 is 15.6 Å². The van der Waals surface area contributed by atoms with Gasteiger partial charge in [-0.2, -0.15) is 0 Å². The molecule has 2 aromatic carbocycles. The van der Waals surface area contributed by atoms with Gasteiger partial charge in [0.2, 0.25) is 0 Å². The molecule has 92 valence electrons. The van der Waals surface area contributed by atoms with Crippen LogP contribution in [0.25, 0.3) is 11.1 Å². The molecule has 4 nitrogen and oxygen atoms in total. The van der Waals surface area contributed by atoms with E-state index in [0.29, 0.717) is 5.69 Å². The number of rotatable bonds is 2. The molecule has 0 spiro atoms. The van der Waals surface area contributed by atoms with Crippen molar-refractivity contribution >= 4 is 11.7 Å². The zero-order valence-electron chi connectivity index (χ0n) is 9.88. The molecule has 18 heavy (non-hydrogen) atoms. The van der Waals surface area contributed by atoms with Gasteiger partial charge in [-0.15, -0.1) is 0 Å². The summed E-state index contributed by atoms with van der Waals surface area (Å²) in [7, 11) is 1.28. The summed E-state index contributed by atoms with van der Waals surface area (Å²) in [4.78, 5) is 11.5. The molecule has 0 aliphatic carbocycles. The van der Waals surface area contributed by atoms with Crippen LogP contribution >= 0.6 is 0 Å². The van der Waals surface area contributed by atoms with E-state index in [0.717, 1.165) is 11.1 Å². The second kappa shape index (κ2) is 4.79. The molecule has 2 aromatic rings. The largest absolute Gasteiger partial charge is 0.507 e. The number of nitrogen functional groups attached to an aromatic ring is 1. The van der Waals surface area contributed by atoms with Crippen molar-refractivity contribution in [3.8, 4) is 16.9 Å². The number of nitrogens with two attached hydrogens (primary N) is 1. The lowest BCUT2D eigenvalue weighted by Crippen LogP contribution is -2.01. The molecule has 0 aromatic heterocycles. The lowest BCUT2D eigenvalue weighted by atomic mass is 10.0. The molecule has 0 atom stereocenters. The third-order valence-electron chi connectivity index (χ3n) is 2.65. The standard InChI is InChI=1S/C14H13NO3/c1-18-14(17)12-8-10(4-7-13(12)16)9-2-5-11(15)6-3-9/h2-8,16H,15H2,1H3. The lowest BCUT2D eigenvalue weighted by molar-refractivity contribution is 0.0597. The van der Waals surface area contributed by atoms with E-state index >= 15 is 0 Å². The Morgan fingerprint density at radius 2 is 1.72 bits per heavy atom. The Kier molecular flexibility index (Phi) is 3.19. The molecule has 3 N–H and O–H groups in total. The van der Waals surface area contributed by atoms with Crippen molar-refractivity contribution in [3.05, 3.63) is 48.0 Å². The molecule has 0 aliphatic heterocycles. The first kappa shape index (κ1) is 12.0. The molecule has 0 amide bonds. The molecular weight excluding hydrogens is 230 g/mol. The molecular formula is C14H13NO3. The Balaban J connectivity index is 2.46. The number of carbonyl (C=O) groups is 1. The summed E-state index contributed by atoms with van der Waals surface area (Å²) in [5, 5.41) is 9.61. The average Bonchev–Trinajstić information content (AvgIpc) is 2.39. The maximum absolute atomic E-state index is 11.5. The number of methoxy groups -OCH3 is 1. The number of benzene rings is 2. The van der Waals surface area contributed by atoms with E-state index in [-0.39, 0.29) is 11.3 Å². The summed E-state index contributed by atoms with van der Waals surface area (Å²) < 4.78 is 4.61. The van der Waals surface area contributed by atoms with E-state index < -0.39 is 5.97 Å². The molecule has 0 fully saturated rings. The van der Waals surface area contributed by atoms with Gasteiger partial charge in [0, 0.05) is 5.69 Å². The van der Waals surface area contributed by atoms with Crippen LogP contribution in [0.15, 0.2) is 42.5 Å². The van der Waals surface area contributed by atoms with E-state index in [1.54, 1.807) is 24.3 Å². The molecule has 0 aliphatic rings. The van der Waals surface area contributed by atoms with E-state index in [9.17, 15) is 9.90 Å². The summed E-state index contributed by atoms with van der Waals surface area (Å²) in [5.74, 6) is -0.661. The van der Waals surface area contributed by atoms with Crippen molar-refractivity contribution in [2.75, 3.05) is 12.8 Å². The fourth-order valence-electron chi connectivity index (χ4n) is 1.66. The lowest BCUT2D eigenvalue weighted by Gasteiger charge is -2.07. The molecule has 0 unspecified atom stereocenters. The first-order chi connectivity index (χ1) is 8.61. The maximum Gasteiger partial charge on any atom is 0.341 e. The smallest absolute Gasteiger partial charge is 0.341 e. The predicted molar refractivity (Wildman–Crippen MR) is 69.3 cm³/mol. The van der Waals surface area contributed by atoms with Gasteiger partial charge in [-0.1, -0.05) is 18.2 Å². The quantitative estimate of drug-likeness (QED) is 0.627. The predicted octanol–water partition coefficient (Wildman–Crippen LogP) is 2.43. The monoisotopic (exact) mass is 243 g/mol. The van der Waals surface area contributed by atoms with Crippen LogP contribution in [0, 0.1) is 0 Å². The van der Waals surface area contributed by atoms with Gasteiger partial charge in [-0.05, 0) is 35.4 Å². The van der Waals surface area contributed by atoms with Crippen molar-refractivity contribution in [2.45, 2.75) is 0 Å². The number of carbonyl (C=O) groups excluding carboxylic acids is 1. The Morgan fingerprint density at radius 1 is 1.11 bits per heavy atom. The third kappa shape index (κ3) is 2.27. The van der Waals surface area contributed by atoms with Crippen LogP contribution in [-0.2, 0) is 4.74 Å². The normalized spacial score (nSPS) is 10.1. The third-order valence-corrected chi connectivity index (χ3v) is 2.65. The number of ether oxygens (including phenoxy) is 1. The Labute approximate surface area is 105 Å². The maximum atomic E-state index is 11.5. The molecule has 0 radical (unpaired) electrons. The summed E-state index contributed by atoms with van der Waals surface area (Å²) in [6.45, 7) is 0. The second-order valence-electron chi connectivity index (χ2n) is 3.85. The highest BCUT2D eigenvalue weighted by atomic mass is 16.5. The van der Waals surface area contributed by atoms with E-state index in [1.807, 2.05) is 12.1 Å². The highest BCUT2D eigenvalue weighted by molar-refractivity contribution is 5.94. The minimum atomic E-state index is -0.565. The van der Waals surface area contributed by atoms with Crippen molar-refractivity contribution < 1.29 is 14.6 Å². The SMILES string of the molecule is COC(=O)c1cc(-c2ccc(N)cc2)ccc1O. The zero-order chi connectivity index (χ0) is 13.1. The molecule has 0 saturated heterocycles. The van der Waals surface area contributed by atoms with Crippen LogP contribution in [0.3, 0.4) is 0 Å². The molecule has 0 saturated carbocycles. The number of anilines is 1. The number of hydrogen-bond acceptors (Lipinski definition) is 4. The van der Waals surface area contributed by atoms with E-state index in [4.69, 9.17) is 5.73 Å². The molecule has 0 bridgehead atoms. The highest BCUT2D eigenvalue weighted by Crippen LogP contribution is 2.26. The average molecular weight is 243 g/mol. The minimum absolute atomic E-state index is 0.0963. The molecule has 0 heterocycles. The van der Waals surface area contributed by atoms with Crippen LogP contribution in [0.4, 0.5) is 5.69 Å². The van der Waals surface area contributed by atoms with Crippen LogP contribution < -0.4 is 5.73 Å². The first-order valence-electron chi connectivity index (χ1n) is 5.39. The van der Waals surface area contributed by atoms with Gasteiger partial charge in [0.1, 0.15) is 11.3 Å². The fraction of sp³-hybridized carbons (Fsp3) is 0.0714. The van der Waals surface area contributed by atoms with Crippen LogP contribution in [0.1, 0.15) is 10.4 Å². The summed E-state index contributed by atoms with van der Waals surface area (Å²) in [6.07, 6.45) is 0. The number of phenolic OH excluding ortho intramolecular Hbond substituents is 1. The first-order valence-corrected chi connectivity index (χ1v) is 5.39. The van der Waals surface area contributed by atoms with E-state index in [1.165, 1.54) is 13.2 Å². The van der Waals surface area contributed by atoms with Crippen LogP contribution in [0.5, 0.6) is 5.75 Å². The van der Waals surface area contributed by atoms with Crippen molar-refractivity contribution in [1.82, 2.24) is 0 Å². The number of aromatic hydroxyl groups is 1. The van der Waals surface area contributed by atoms with Crippen molar-refractivity contribution in [2.24, 2.45) is 0 Å². The number of hydrogen-bond donors (Lipinski definition) is 2. The van der Waals surface area contributed by atoms with Gasteiger partial charge in [0.25, 0.3) is 0 Å². The van der Waals surface area contributed by atoms with Crippen LogP contribution in [0.2, 0.25) is 0 Å². The number of phenols is 1. The Hall–Kier alpha value is -2.49.